The highest BCUT2D eigenvalue weighted by atomic mass is 35.5. The van der Waals surface area contributed by atoms with Crippen molar-refractivity contribution in [2.75, 3.05) is 13.1 Å². The highest BCUT2D eigenvalue weighted by molar-refractivity contribution is 8.06. The van der Waals surface area contributed by atoms with Gasteiger partial charge < -0.3 is 20.5 Å². The Morgan fingerprint density at radius 1 is 1.03 bits per heavy atom. The zero-order valence-corrected chi connectivity index (χ0v) is 19.1. The van der Waals surface area contributed by atoms with Crippen LogP contribution in [0.5, 0.6) is 5.75 Å². The zero-order chi connectivity index (χ0) is 22.4. The Hall–Kier alpha value is -1.90. The van der Waals surface area contributed by atoms with Gasteiger partial charge in [0.2, 0.25) is 5.91 Å². The van der Waals surface area contributed by atoms with Crippen LogP contribution >= 0.6 is 35.0 Å². The molecule has 2 aliphatic rings. The number of nitrogens with one attached hydrogen (secondary N) is 2. The average molecular weight is 487 g/mol. The molecule has 7 nitrogen and oxygen atoms in total. The molecule has 10 heteroatoms. The van der Waals surface area contributed by atoms with Gasteiger partial charge in [0.25, 0.3) is 5.91 Å². The van der Waals surface area contributed by atoms with Crippen molar-refractivity contribution in [3.05, 3.63) is 39.2 Å². The van der Waals surface area contributed by atoms with Crippen LogP contribution in [0.2, 0.25) is 0 Å². The summed E-state index contributed by atoms with van der Waals surface area (Å²) in [5.41, 5.74) is 0.488. The number of hydrogen-bond acceptors (Lipinski definition) is 5. The van der Waals surface area contributed by atoms with E-state index < -0.39 is 5.97 Å². The number of carboxylic acids is 1. The van der Waals surface area contributed by atoms with Crippen molar-refractivity contribution in [1.29, 1.82) is 0 Å². The molecule has 3 N–H and O–H groups in total. The first kappa shape index (κ1) is 23.8. The molecule has 0 aromatic heterocycles. The molecule has 168 valence electrons. The molecular formula is C21H24Cl2N2O5S. The van der Waals surface area contributed by atoms with Crippen molar-refractivity contribution < 1.29 is 24.2 Å². The predicted octanol–water partition coefficient (Wildman–Crippen LogP) is 3.71. The van der Waals surface area contributed by atoms with Gasteiger partial charge in [-0.15, -0.1) is 0 Å². The standard InChI is InChI=1S/C21H24Cl2N2O5S/c22-16-11-17(31-18(16)23)20(27)25-10-9-24-19(26)12-1-5-14(6-2-12)30-15-7-3-13(4-8-15)21(28)29/h1-2,5-6,13,15,17H,3-4,7-11H2,(H,24,26)(H,25,27)(H,28,29). The Kier molecular flexibility index (Phi) is 8.51. The summed E-state index contributed by atoms with van der Waals surface area (Å²) < 4.78 is 6.36. The van der Waals surface area contributed by atoms with Crippen molar-refractivity contribution in [3.8, 4) is 5.75 Å². The smallest absolute Gasteiger partial charge is 0.306 e. The van der Waals surface area contributed by atoms with E-state index in [9.17, 15) is 14.4 Å². The van der Waals surface area contributed by atoms with E-state index in [1.807, 2.05) is 0 Å². The monoisotopic (exact) mass is 486 g/mol. The fourth-order valence-electron chi connectivity index (χ4n) is 3.50. The van der Waals surface area contributed by atoms with Crippen LogP contribution < -0.4 is 15.4 Å². The van der Waals surface area contributed by atoms with Gasteiger partial charge in [-0.2, -0.15) is 0 Å². The Labute approximate surface area is 194 Å². The number of benzene rings is 1. The third-order valence-corrected chi connectivity index (χ3v) is 7.43. The van der Waals surface area contributed by atoms with E-state index in [0.717, 1.165) is 0 Å². The minimum absolute atomic E-state index is 0.00289. The number of halogens is 2. The molecule has 3 rings (SSSR count). The van der Waals surface area contributed by atoms with Crippen molar-refractivity contribution in [1.82, 2.24) is 10.6 Å². The second kappa shape index (κ2) is 11.1. The molecule has 0 saturated heterocycles. The number of carbonyl (C=O) groups is 3. The van der Waals surface area contributed by atoms with E-state index >= 15 is 0 Å². The summed E-state index contributed by atoms with van der Waals surface area (Å²) in [6.07, 6.45) is 3.06. The minimum Gasteiger partial charge on any atom is -0.490 e. The van der Waals surface area contributed by atoms with Crippen LogP contribution in [0.4, 0.5) is 0 Å². The first-order valence-electron chi connectivity index (χ1n) is 10.1. The lowest BCUT2D eigenvalue weighted by Crippen LogP contribution is -2.38. The maximum Gasteiger partial charge on any atom is 0.306 e. The molecule has 0 radical (unpaired) electrons. The highest BCUT2D eigenvalue weighted by Gasteiger charge is 2.29. The van der Waals surface area contributed by atoms with E-state index in [1.165, 1.54) is 11.8 Å². The third-order valence-electron chi connectivity index (χ3n) is 5.27. The van der Waals surface area contributed by atoms with Gasteiger partial charge in [0, 0.05) is 30.1 Å². The van der Waals surface area contributed by atoms with Crippen LogP contribution in [0.1, 0.15) is 42.5 Å². The average Bonchev–Trinajstić information content (AvgIpc) is 3.10. The van der Waals surface area contributed by atoms with Crippen molar-refractivity contribution >= 4 is 52.7 Å². The lowest BCUT2D eigenvalue weighted by atomic mass is 9.87. The van der Waals surface area contributed by atoms with Crippen LogP contribution in [-0.4, -0.2) is 47.3 Å². The predicted molar refractivity (Wildman–Crippen MR) is 121 cm³/mol. The fraction of sp³-hybridized carbons (Fsp3) is 0.476. The van der Waals surface area contributed by atoms with Crippen LogP contribution in [0.25, 0.3) is 0 Å². The molecule has 0 spiro atoms. The first-order chi connectivity index (χ1) is 14.8. The lowest BCUT2D eigenvalue weighted by molar-refractivity contribution is -0.143. The van der Waals surface area contributed by atoms with Gasteiger partial charge in [0.05, 0.1) is 21.6 Å². The van der Waals surface area contributed by atoms with E-state index in [-0.39, 0.29) is 29.1 Å². The van der Waals surface area contributed by atoms with Gasteiger partial charge in [0.1, 0.15) is 5.75 Å². The molecule has 1 fully saturated rings. The summed E-state index contributed by atoms with van der Waals surface area (Å²) in [5, 5.41) is 14.7. The van der Waals surface area contributed by atoms with Gasteiger partial charge in [0.15, 0.2) is 0 Å². The number of ether oxygens (including phenoxy) is 1. The van der Waals surface area contributed by atoms with E-state index in [1.54, 1.807) is 24.3 Å². The van der Waals surface area contributed by atoms with Crippen LogP contribution in [0, 0.1) is 5.92 Å². The SMILES string of the molecule is O=C(NCCNC(=O)C1CC(Cl)=C(Cl)S1)c1ccc(OC2CCC(C(=O)O)CC2)cc1. The summed E-state index contributed by atoms with van der Waals surface area (Å²) >= 11 is 13.0. The number of aliphatic carboxylic acids is 1. The molecule has 1 unspecified atom stereocenters. The molecule has 1 saturated carbocycles. The number of allylic oxidation sites excluding steroid dienone is 1. The molecular weight excluding hydrogens is 463 g/mol. The van der Waals surface area contributed by atoms with Crippen molar-refractivity contribution in [2.45, 2.75) is 43.5 Å². The topological polar surface area (TPSA) is 105 Å². The normalized spacial score (nSPS) is 23.4. The second-order valence-corrected chi connectivity index (χ2v) is 9.76. The maximum absolute atomic E-state index is 12.3. The molecule has 2 amide bonds. The summed E-state index contributed by atoms with van der Waals surface area (Å²) in [6.45, 7) is 0.596. The zero-order valence-electron chi connectivity index (χ0n) is 16.7. The number of thioether (sulfide) groups is 1. The quantitative estimate of drug-likeness (QED) is 0.483. The van der Waals surface area contributed by atoms with Crippen LogP contribution in [-0.2, 0) is 9.59 Å². The summed E-state index contributed by atoms with van der Waals surface area (Å²) in [4.78, 5) is 35.4. The molecule has 1 aliphatic carbocycles. The van der Waals surface area contributed by atoms with Gasteiger partial charge in [-0.25, -0.2) is 0 Å². The fourth-order valence-corrected chi connectivity index (χ4v) is 5.18. The molecule has 1 heterocycles. The van der Waals surface area contributed by atoms with Gasteiger partial charge >= 0.3 is 5.97 Å². The van der Waals surface area contributed by atoms with Crippen LogP contribution in [0.15, 0.2) is 33.7 Å². The molecule has 1 aromatic rings. The molecule has 1 aromatic carbocycles. The Morgan fingerprint density at radius 3 is 2.26 bits per heavy atom. The van der Waals surface area contributed by atoms with Crippen molar-refractivity contribution in [3.63, 3.8) is 0 Å². The number of hydrogen-bond donors (Lipinski definition) is 3. The number of amides is 2. The summed E-state index contributed by atoms with van der Waals surface area (Å²) in [6, 6.07) is 6.82. The van der Waals surface area contributed by atoms with Gasteiger partial charge in [-0.1, -0.05) is 35.0 Å². The summed E-state index contributed by atoms with van der Waals surface area (Å²) in [7, 11) is 0. The third kappa shape index (κ3) is 6.79. The first-order valence-corrected chi connectivity index (χ1v) is 11.7. The van der Waals surface area contributed by atoms with E-state index in [2.05, 4.69) is 10.6 Å². The molecule has 1 aliphatic heterocycles. The lowest BCUT2D eigenvalue weighted by Gasteiger charge is -2.26. The largest absolute Gasteiger partial charge is 0.490 e. The molecule has 1 atom stereocenters. The Morgan fingerprint density at radius 2 is 1.68 bits per heavy atom. The van der Waals surface area contributed by atoms with Crippen molar-refractivity contribution in [2.24, 2.45) is 5.92 Å². The maximum atomic E-state index is 12.3. The van der Waals surface area contributed by atoms with Gasteiger partial charge in [-0.3, -0.25) is 14.4 Å². The molecule has 0 bridgehead atoms. The number of rotatable bonds is 8. The number of carbonyl (C=O) groups excluding carboxylic acids is 2. The number of carboxylic acid groups (broad SMARTS) is 1. The van der Waals surface area contributed by atoms with E-state index in [0.29, 0.717) is 65.9 Å². The Balaban J connectivity index is 1.35. The second-order valence-electron chi connectivity index (χ2n) is 7.49. The summed E-state index contributed by atoms with van der Waals surface area (Å²) in [5.74, 6) is -0.767. The molecule has 31 heavy (non-hydrogen) atoms. The Bertz CT molecular complexity index is 840. The highest BCUT2D eigenvalue weighted by Crippen LogP contribution is 2.41. The van der Waals surface area contributed by atoms with E-state index in [4.69, 9.17) is 33.0 Å². The van der Waals surface area contributed by atoms with Crippen LogP contribution in [0.3, 0.4) is 0 Å². The minimum atomic E-state index is -0.739. The van der Waals surface area contributed by atoms with Gasteiger partial charge in [-0.05, 0) is 49.9 Å².